The highest BCUT2D eigenvalue weighted by molar-refractivity contribution is 5.99. The summed E-state index contributed by atoms with van der Waals surface area (Å²) in [5.41, 5.74) is 0. The summed E-state index contributed by atoms with van der Waals surface area (Å²) in [6, 6.07) is 0. The van der Waals surface area contributed by atoms with E-state index in [1.54, 1.807) is 36.5 Å². The van der Waals surface area contributed by atoms with Crippen molar-refractivity contribution in [3.05, 3.63) is 60.9 Å². The summed E-state index contributed by atoms with van der Waals surface area (Å²) in [4.78, 5) is 15.8. The van der Waals surface area contributed by atoms with Crippen LogP contribution in [0.3, 0.4) is 0 Å². The van der Waals surface area contributed by atoms with E-state index in [1.807, 2.05) is 0 Å². The van der Waals surface area contributed by atoms with Gasteiger partial charge >= 0.3 is 0 Å². The summed E-state index contributed by atoms with van der Waals surface area (Å²) in [6.07, 6.45) is 17.2. The minimum absolute atomic E-state index is 0.112. The predicted octanol–water partition coefficient (Wildman–Crippen LogP) is 2.68. The Hall–Kier alpha value is -2.56. The van der Waals surface area contributed by atoms with Gasteiger partial charge in [0.05, 0.1) is 11.5 Å². The number of hydrogen-bond donors (Lipinski definition) is 0. The second-order valence-corrected chi connectivity index (χ2v) is 2.76. The Labute approximate surface area is 98.8 Å². The molecule has 0 bridgehead atoms. The van der Waals surface area contributed by atoms with Crippen molar-refractivity contribution in [2.75, 3.05) is 0 Å². The molecule has 0 saturated heterocycles. The topological polar surface area (TPSA) is 63.4 Å². The van der Waals surface area contributed by atoms with Crippen molar-refractivity contribution in [3.8, 4) is 0 Å². The number of carbonyl (C=O) groups is 1. The molecule has 0 unspecified atom stereocenters. The quantitative estimate of drug-likeness (QED) is 0.641. The van der Waals surface area contributed by atoms with E-state index >= 15 is 0 Å². The first-order valence-corrected chi connectivity index (χ1v) is 4.86. The van der Waals surface area contributed by atoms with Crippen LogP contribution in [0.5, 0.6) is 0 Å². The first-order chi connectivity index (χ1) is 8.39. The molecule has 0 aromatic carbocycles. The van der Waals surface area contributed by atoms with Gasteiger partial charge in [0.2, 0.25) is 0 Å². The molecule has 1 heterocycles. The van der Waals surface area contributed by atoms with Crippen LogP contribution in [0, 0.1) is 0 Å². The molecule has 0 amide bonds. The standard InChI is InChI=1S/C12H11N3O2/c16-12-8-4-2-1-3-6-10-13-14-15-17-11-7-5-9-12/h1-11H. The molecule has 0 aromatic rings. The molecule has 1 aliphatic heterocycles. The highest BCUT2D eigenvalue weighted by Gasteiger charge is 1.84. The van der Waals surface area contributed by atoms with Gasteiger partial charge in [0, 0.05) is 0 Å². The zero-order valence-electron chi connectivity index (χ0n) is 9.01. The van der Waals surface area contributed by atoms with Gasteiger partial charge < -0.3 is 4.84 Å². The lowest BCUT2D eigenvalue weighted by Gasteiger charge is -1.82. The van der Waals surface area contributed by atoms with Crippen molar-refractivity contribution in [1.82, 2.24) is 0 Å². The van der Waals surface area contributed by atoms with Crippen LogP contribution >= 0.6 is 0 Å². The van der Waals surface area contributed by atoms with Crippen molar-refractivity contribution < 1.29 is 9.63 Å². The highest BCUT2D eigenvalue weighted by Crippen LogP contribution is 1.88. The number of nitrogens with zero attached hydrogens (tertiary/aromatic N) is 3. The second kappa shape index (κ2) is 8.72. The molecule has 5 heteroatoms. The van der Waals surface area contributed by atoms with Crippen LogP contribution in [0.25, 0.3) is 0 Å². The van der Waals surface area contributed by atoms with E-state index < -0.39 is 0 Å². The van der Waals surface area contributed by atoms with Gasteiger partial charge in [0.1, 0.15) is 6.26 Å². The van der Waals surface area contributed by atoms with Crippen LogP contribution in [0.2, 0.25) is 0 Å². The highest BCUT2D eigenvalue weighted by atomic mass is 16.6. The monoisotopic (exact) mass is 229 g/mol. The fourth-order valence-electron chi connectivity index (χ4n) is 0.817. The third kappa shape index (κ3) is 7.38. The van der Waals surface area contributed by atoms with Gasteiger partial charge in [-0.3, -0.25) is 4.79 Å². The third-order valence-corrected chi connectivity index (χ3v) is 1.50. The van der Waals surface area contributed by atoms with E-state index in [9.17, 15) is 4.79 Å². The van der Waals surface area contributed by atoms with Crippen LogP contribution in [0.4, 0.5) is 0 Å². The lowest BCUT2D eigenvalue weighted by Crippen LogP contribution is -1.82. The molecule has 0 aromatic heterocycles. The largest absolute Gasteiger partial charge is 0.346 e. The summed E-state index contributed by atoms with van der Waals surface area (Å²) >= 11 is 0. The number of rotatable bonds is 0. The Balaban J connectivity index is 2.70. The van der Waals surface area contributed by atoms with Gasteiger partial charge in [-0.1, -0.05) is 30.4 Å². The van der Waals surface area contributed by atoms with Crippen molar-refractivity contribution in [2.45, 2.75) is 0 Å². The molecule has 0 aliphatic carbocycles. The van der Waals surface area contributed by atoms with E-state index in [1.165, 1.54) is 30.7 Å². The van der Waals surface area contributed by atoms with Crippen LogP contribution in [0.1, 0.15) is 0 Å². The summed E-state index contributed by atoms with van der Waals surface area (Å²) in [5.74, 6) is -0.112. The molecule has 0 saturated carbocycles. The van der Waals surface area contributed by atoms with E-state index in [0.717, 1.165) is 0 Å². The molecular weight excluding hydrogens is 218 g/mol. The first kappa shape index (κ1) is 12.5. The first-order valence-electron chi connectivity index (χ1n) is 4.86. The van der Waals surface area contributed by atoms with E-state index in [0.29, 0.717) is 0 Å². The lowest BCUT2D eigenvalue weighted by atomic mass is 10.3. The second-order valence-electron chi connectivity index (χ2n) is 2.76. The zero-order chi connectivity index (χ0) is 12.2. The van der Waals surface area contributed by atoms with Crippen LogP contribution in [-0.2, 0) is 9.63 Å². The summed E-state index contributed by atoms with van der Waals surface area (Å²) in [6.45, 7) is 0. The average Bonchev–Trinajstić information content (AvgIpc) is 2.32. The van der Waals surface area contributed by atoms with Gasteiger partial charge in [-0.25, -0.2) is 0 Å². The molecule has 0 radical (unpaired) electrons. The van der Waals surface area contributed by atoms with Crippen LogP contribution < -0.4 is 0 Å². The molecule has 0 fully saturated rings. The van der Waals surface area contributed by atoms with Crippen molar-refractivity contribution >= 4 is 12.0 Å². The molecule has 1 aliphatic rings. The summed E-state index contributed by atoms with van der Waals surface area (Å²) < 4.78 is 0. The molecule has 0 atom stereocenters. The van der Waals surface area contributed by atoms with Gasteiger partial charge in [0.15, 0.2) is 5.78 Å². The SMILES string of the molecule is O=C1C=CC=CC=CC=NN=NOC=CC=C1. The Kier molecular flexibility index (Phi) is 6.42. The van der Waals surface area contributed by atoms with E-state index in [-0.39, 0.29) is 5.78 Å². The summed E-state index contributed by atoms with van der Waals surface area (Å²) in [5, 5.41) is 10.2. The Morgan fingerprint density at radius 3 is 2.47 bits per heavy atom. The van der Waals surface area contributed by atoms with Gasteiger partial charge in [-0.2, -0.15) is 0 Å². The van der Waals surface area contributed by atoms with Gasteiger partial charge in [-0.15, -0.1) is 5.10 Å². The maximum absolute atomic E-state index is 11.2. The summed E-state index contributed by atoms with van der Waals surface area (Å²) in [7, 11) is 0. The van der Waals surface area contributed by atoms with Gasteiger partial charge in [0.25, 0.3) is 0 Å². The van der Waals surface area contributed by atoms with Crippen LogP contribution in [0.15, 0.2) is 76.5 Å². The Morgan fingerprint density at radius 2 is 1.59 bits per heavy atom. The third-order valence-electron chi connectivity index (χ3n) is 1.50. The van der Waals surface area contributed by atoms with Gasteiger partial charge in [-0.05, 0) is 29.5 Å². The normalized spacial score (nSPS) is 16.4. The number of allylic oxidation sites excluding steroid dienone is 9. The minimum atomic E-state index is -0.112. The lowest BCUT2D eigenvalue weighted by molar-refractivity contribution is -0.110. The molecule has 1 rings (SSSR count). The fourth-order valence-corrected chi connectivity index (χ4v) is 0.817. The molecule has 0 N–H and O–H groups in total. The smallest absolute Gasteiger partial charge is 0.178 e. The number of carbonyl (C=O) groups excluding carboxylic acids is 1. The van der Waals surface area contributed by atoms with E-state index in [2.05, 4.69) is 20.4 Å². The van der Waals surface area contributed by atoms with Crippen LogP contribution in [-0.4, -0.2) is 12.0 Å². The van der Waals surface area contributed by atoms with Crippen molar-refractivity contribution in [3.63, 3.8) is 0 Å². The zero-order valence-corrected chi connectivity index (χ0v) is 9.01. The van der Waals surface area contributed by atoms with Crippen molar-refractivity contribution in [2.24, 2.45) is 15.6 Å². The average molecular weight is 229 g/mol. The number of ketones is 1. The van der Waals surface area contributed by atoms with E-state index in [4.69, 9.17) is 0 Å². The van der Waals surface area contributed by atoms with Crippen molar-refractivity contribution in [1.29, 1.82) is 0 Å². The Bertz CT molecular complexity index is 441. The predicted molar refractivity (Wildman–Crippen MR) is 65.1 cm³/mol. The maximum Gasteiger partial charge on any atom is 0.178 e. The fraction of sp³-hybridized carbons (Fsp3) is 0. The molecule has 5 nitrogen and oxygen atoms in total. The Morgan fingerprint density at radius 1 is 0.882 bits per heavy atom. The molecular formula is C12H11N3O2. The maximum atomic E-state index is 11.2. The number of hydrogen-bond acceptors (Lipinski definition) is 5. The minimum Gasteiger partial charge on any atom is -0.346 e. The molecule has 86 valence electrons. The molecule has 0 spiro atoms. The molecule has 17 heavy (non-hydrogen) atoms.